The van der Waals surface area contributed by atoms with Gasteiger partial charge in [0.05, 0.1) is 10.7 Å². The van der Waals surface area contributed by atoms with E-state index < -0.39 is 0 Å². The molecule has 0 aliphatic carbocycles. The molecule has 1 saturated heterocycles. The molecule has 0 radical (unpaired) electrons. The van der Waals surface area contributed by atoms with Gasteiger partial charge in [-0.05, 0) is 26.0 Å². The van der Waals surface area contributed by atoms with Crippen molar-refractivity contribution in [2.24, 2.45) is 5.73 Å². The van der Waals surface area contributed by atoms with Gasteiger partial charge in [0, 0.05) is 38.3 Å². The number of hydrogen-bond acceptors (Lipinski definition) is 3. The van der Waals surface area contributed by atoms with Gasteiger partial charge in [-0.25, -0.2) is 0 Å². The van der Waals surface area contributed by atoms with Crippen LogP contribution in [0.4, 0.5) is 5.69 Å². The highest BCUT2D eigenvalue weighted by Crippen LogP contribution is 2.27. The van der Waals surface area contributed by atoms with Crippen molar-refractivity contribution in [3.63, 3.8) is 0 Å². The Morgan fingerprint density at radius 3 is 2.33 bits per heavy atom. The van der Waals surface area contributed by atoms with E-state index in [0.717, 1.165) is 36.9 Å². The summed E-state index contributed by atoms with van der Waals surface area (Å²) in [6, 6.07) is 8.05. The summed E-state index contributed by atoms with van der Waals surface area (Å²) >= 11 is 6.24. The fraction of sp³-hybridized carbons (Fsp3) is 0.571. The first-order valence-electron chi connectivity index (χ1n) is 6.49. The van der Waals surface area contributed by atoms with Gasteiger partial charge in [0.1, 0.15) is 0 Å². The predicted molar refractivity (Wildman–Crippen MR) is 78.4 cm³/mol. The van der Waals surface area contributed by atoms with Crippen molar-refractivity contribution in [3.8, 4) is 0 Å². The Morgan fingerprint density at radius 1 is 1.17 bits per heavy atom. The van der Waals surface area contributed by atoms with Crippen LogP contribution in [0.1, 0.15) is 13.8 Å². The van der Waals surface area contributed by atoms with Gasteiger partial charge in [0.25, 0.3) is 0 Å². The largest absolute Gasteiger partial charge is 0.368 e. The summed E-state index contributed by atoms with van der Waals surface area (Å²) in [7, 11) is 0. The maximum absolute atomic E-state index is 6.24. The second kappa shape index (κ2) is 5.47. The van der Waals surface area contributed by atoms with Gasteiger partial charge in [-0.2, -0.15) is 0 Å². The number of rotatable bonds is 3. The van der Waals surface area contributed by atoms with Crippen LogP contribution in [0.2, 0.25) is 5.02 Å². The normalized spacial score (nSPS) is 18.1. The van der Waals surface area contributed by atoms with Crippen LogP contribution in [-0.2, 0) is 0 Å². The minimum atomic E-state index is 0.0899. The van der Waals surface area contributed by atoms with Crippen molar-refractivity contribution < 1.29 is 0 Å². The van der Waals surface area contributed by atoms with Crippen LogP contribution in [0, 0.1) is 0 Å². The summed E-state index contributed by atoms with van der Waals surface area (Å²) in [5.41, 5.74) is 7.06. The van der Waals surface area contributed by atoms with E-state index in [-0.39, 0.29) is 5.54 Å². The highest BCUT2D eigenvalue weighted by molar-refractivity contribution is 6.33. The molecule has 0 spiro atoms. The van der Waals surface area contributed by atoms with E-state index in [4.69, 9.17) is 17.3 Å². The van der Waals surface area contributed by atoms with E-state index in [1.165, 1.54) is 0 Å². The molecule has 18 heavy (non-hydrogen) atoms. The summed E-state index contributed by atoms with van der Waals surface area (Å²) < 4.78 is 0. The first kappa shape index (κ1) is 13.7. The molecule has 0 aromatic heterocycles. The summed E-state index contributed by atoms with van der Waals surface area (Å²) in [5.74, 6) is 0. The van der Waals surface area contributed by atoms with Crippen LogP contribution in [0.25, 0.3) is 0 Å². The zero-order valence-corrected chi connectivity index (χ0v) is 12.0. The average Bonchev–Trinajstić information content (AvgIpc) is 2.39. The first-order valence-corrected chi connectivity index (χ1v) is 6.87. The van der Waals surface area contributed by atoms with Gasteiger partial charge in [0.2, 0.25) is 0 Å². The second-order valence-electron chi connectivity index (χ2n) is 5.44. The molecule has 1 aliphatic rings. The fourth-order valence-electron chi connectivity index (χ4n) is 2.39. The monoisotopic (exact) mass is 267 g/mol. The number of halogens is 1. The third-order valence-corrected chi connectivity index (χ3v) is 4.15. The number of nitrogens with two attached hydrogens (primary N) is 1. The SMILES string of the molecule is CC(C)(CN)N1CCN(c2ccccc2Cl)CC1. The van der Waals surface area contributed by atoms with Crippen molar-refractivity contribution in [2.45, 2.75) is 19.4 Å². The van der Waals surface area contributed by atoms with Crippen molar-refractivity contribution in [3.05, 3.63) is 29.3 Å². The molecule has 3 nitrogen and oxygen atoms in total. The van der Waals surface area contributed by atoms with Crippen molar-refractivity contribution >= 4 is 17.3 Å². The van der Waals surface area contributed by atoms with Crippen LogP contribution in [-0.4, -0.2) is 43.2 Å². The molecule has 0 saturated carbocycles. The minimum absolute atomic E-state index is 0.0899. The zero-order valence-electron chi connectivity index (χ0n) is 11.2. The highest BCUT2D eigenvalue weighted by atomic mass is 35.5. The Bertz CT molecular complexity index is 398. The van der Waals surface area contributed by atoms with Gasteiger partial charge >= 0.3 is 0 Å². The zero-order chi connectivity index (χ0) is 13.2. The summed E-state index contributed by atoms with van der Waals surface area (Å²) in [4.78, 5) is 4.81. The van der Waals surface area contributed by atoms with Crippen LogP contribution in [0.3, 0.4) is 0 Å². The Balaban J connectivity index is 2.01. The second-order valence-corrected chi connectivity index (χ2v) is 5.85. The molecule has 1 heterocycles. The van der Waals surface area contributed by atoms with E-state index >= 15 is 0 Å². The van der Waals surface area contributed by atoms with Gasteiger partial charge < -0.3 is 10.6 Å². The molecular weight excluding hydrogens is 246 g/mol. The molecule has 2 rings (SSSR count). The van der Waals surface area contributed by atoms with E-state index in [9.17, 15) is 0 Å². The molecule has 0 bridgehead atoms. The number of hydrogen-bond donors (Lipinski definition) is 1. The number of para-hydroxylation sites is 1. The molecule has 0 amide bonds. The van der Waals surface area contributed by atoms with Gasteiger partial charge in [-0.1, -0.05) is 23.7 Å². The number of piperazine rings is 1. The smallest absolute Gasteiger partial charge is 0.0639 e. The molecule has 1 aliphatic heterocycles. The molecule has 1 aromatic rings. The Morgan fingerprint density at radius 2 is 1.78 bits per heavy atom. The van der Waals surface area contributed by atoms with Crippen LogP contribution in [0.15, 0.2) is 24.3 Å². The summed E-state index contributed by atoms with van der Waals surface area (Å²) in [6.45, 7) is 9.20. The molecule has 1 fully saturated rings. The first-order chi connectivity index (χ1) is 8.54. The van der Waals surface area contributed by atoms with Crippen LogP contribution >= 0.6 is 11.6 Å². The Kier molecular flexibility index (Phi) is 4.15. The van der Waals surface area contributed by atoms with E-state index in [2.05, 4.69) is 29.7 Å². The van der Waals surface area contributed by atoms with Gasteiger partial charge in [-0.15, -0.1) is 0 Å². The lowest BCUT2D eigenvalue weighted by atomic mass is 10.0. The lowest BCUT2D eigenvalue weighted by Crippen LogP contribution is -2.57. The van der Waals surface area contributed by atoms with Gasteiger partial charge in [-0.3, -0.25) is 4.90 Å². The van der Waals surface area contributed by atoms with Crippen molar-refractivity contribution in [1.29, 1.82) is 0 Å². The lowest BCUT2D eigenvalue weighted by molar-refractivity contribution is 0.119. The predicted octanol–water partition coefficient (Wildman–Crippen LogP) is 2.20. The van der Waals surface area contributed by atoms with Crippen LogP contribution < -0.4 is 10.6 Å². The van der Waals surface area contributed by atoms with E-state index in [1.807, 2.05) is 18.2 Å². The summed E-state index contributed by atoms with van der Waals surface area (Å²) in [5, 5.41) is 0.837. The maximum atomic E-state index is 6.24. The molecule has 1 aromatic carbocycles. The van der Waals surface area contributed by atoms with E-state index in [0.29, 0.717) is 6.54 Å². The maximum Gasteiger partial charge on any atom is 0.0639 e. The topological polar surface area (TPSA) is 32.5 Å². The van der Waals surface area contributed by atoms with Crippen molar-refractivity contribution in [2.75, 3.05) is 37.6 Å². The standard InChI is InChI=1S/C14H22ClN3/c1-14(2,11-16)18-9-7-17(8-10-18)13-6-4-3-5-12(13)15/h3-6H,7-11,16H2,1-2H3. The average molecular weight is 268 g/mol. The van der Waals surface area contributed by atoms with E-state index in [1.54, 1.807) is 0 Å². The number of anilines is 1. The molecular formula is C14H22ClN3. The third kappa shape index (κ3) is 2.79. The highest BCUT2D eigenvalue weighted by Gasteiger charge is 2.28. The Labute approximate surface area is 115 Å². The molecule has 0 atom stereocenters. The number of benzene rings is 1. The number of nitrogens with zero attached hydrogens (tertiary/aromatic N) is 2. The van der Waals surface area contributed by atoms with Crippen LogP contribution in [0.5, 0.6) is 0 Å². The molecule has 100 valence electrons. The quantitative estimate of drug-likeness (QED) is 0.911. The molecule has 4 heteroatoms. The molecule has 0 unspecified atom stereocenters. The summed E-state index contributed by atoms with van der Waals surface area (Å²) in [6.07, 6.45) is 0. The minimum Gasteiger partial charge on any atom is -0.368 e. The Hall–Kier alpha value is -0.770. The lowest BCUT2D eigenvalue weighted by Gasteiger charge is -2.44. The fourth-order valence-corrected chi connectivity index (χ4v) is 2.65. The van der Waals surface area contributed by atoms with Crippen molar-refractivity contribution in [1.82, 2.24) is 4.90 Å². The third-order valence-electron chi connectivity index (χ3n) is 3.83. The molecule has 2 N–H and O–H groups in total. The van der Waals surface area contributed by atoms with Gasteiger partial charge in [0.15, 0.2) is 0 Å².